The van der Waals surface area contributed by atoms with Gasteiger partial charge in [0.1, 0.15) is 0 Å². The Labute approximate surface area is 326 Å². The van der Waals surface area contributed by atoms with Crippen LogP contribution >= 0.6 is 11.8 Å². The van der Waals surface area contributed by atoms with E-state index in [-0.39, 0.29) is 0 Å². The molecule has 9 aromatic carbocycles. The van der Waals surface area contributed by atoms with Gasteiger partial charge in [-0.25, -0.2) is 0 Å². The quantitative estimate of drug-likeness (QED) is 0.174. The van der Waals surface area contributed by atoms with Crippen molar-refractivity contribution in [1.29, 1.82) is 0 Å². The summed E-state index contributed by atoms with van der Waals surface area (Å²) in [5.74, 6) is 0. The van der Waals surface area contributed by atoms with E-state index in [1.54, 1.807) is 0 Å². The monoisotopic (exact) mass is 717 g/mol. The smallest absolute Gasteiger partial charge is 0.0742 e. The first-order chi connectivity index (χ1) is 27.3. The van der Waals surface area contributed by atoms with Gasteiger partial charge < -0.3 is 4.90 Å². The number of anilines is 3. The predicted molar refractivity (Wildman–Crippen MR) is 231 cm³/mol. The van der Waals surface area contributed by atoms with Crippen LogP contribution in [0, 0.1) is 0 Å². The molecule has 0 atom stereocenters. The fourth-order valence-electron chi connectivity index (χ4n) is 9.12. The Kier molecular flexibility index (Phi) is 7.40. The summed E-state index contributed by atoms with van der Waals surface area (Å²) in [4.78, 5) is 5.03. The van der Waals surface area contributed by atoms with E-state index in [1.807, 2.05) is 11.8 Å². The lowest BCUT2D eigenvalue weighted by atomic mass is 9.66. The zero-order valence-electron chi connectivity index (χ0n) is 30.1. The topological polar surface area (TPSA) is 3.24 Å². The molecule has 0 saturated heterocycles. The van der Waals surface area contributed by atoms with E-state index in [0.29, 0.717) is 0 Å². The van der Waals surface area contributed by atoms with Crippen LogP contribution in [-0.4, -0.2) is 0 Å². The summed E-state index contributed by atoms with van der Waals surface area (Å²) in [6.45, 7) is 0. The van der Waals surface area contributed by atoms with Gasteiger partial charge in [-0.2, -0.15) is 0 Å². The number of hydrogen-bond acceptors (Lipinski definition) is 2. The van der Waals surface area contributed by atoms with E-state index in [4.69, 9.17) is 0 Å². The average Bonchev–Trinajstić information content (AvgIpc) is 3.55. The van der Waals surface area contributed by atoms with Gasteiger partial charge in [0, 0.05) is 26.9 Å². The molecule has 55 heavy (non-hydrogen) atoms. The van der Waals surface area contributed by atoms with Crippen molar-refractivity contribution in [3.8, 4) is 33.4 Å². The summed E-state index contributed by atoms with van der Waals surface area (Å²) in [6, 6.07) is 78.2. The normalized spacial score (nSPS) is 13.2. The third-order valence-corrected chi connectivity index (χ3v) is 12.7. The highest BCUT2D eigenvalue weighted by atomic mass is 32.2. The summed E-state index contributed by atoms with van der Waals surface area (Å²) in [6.07, 6.45) is 0. The fraction of sp³-hybridized carbons (Fsp3) is 0.0189. The number of rotatable bonds is 5. The predicted octanol–water partition coefficient (Wildman–Crippen LogP) is 14.5. The van der Waals surface area contributed by atoms with Crippen LogP contribution in [0.3, 0.4) is 0 Å². The van der Waals surface area contributed by atoms with Crippen molar-refractivity contribution in [2.24, 2.45) is 0 Å². The zero-order chi connectivity index (χ0) is 36.3. The molecule has 1 spiro atoms. The Hall–Kier alpha value is -6.61. The van der Waals surface area contributed by atoms with Crippen molar-refractivity contribution in [3.05, 3.63) is 235 Å². The van der Waals surface area contributed by atoms with Crippen LogP contribution in [0.25, 0.3) is 44.2 Å². The van der Waals surface area contributed by atoms with Crippen LogP contribution in [0.15, 0.2) is 222 Å². The lowest BCUT2D eigenvalue weighted by Crippen LogP contribution is -2.32. The summed E-state index contributed by atoms with van der Waals surface area (Å²) in [7, 11) is 0. The molecule has 0 unspecified atom stereocenters. The molecule has 1 aliphatic heterocycles. The SMILES string of the molecule is c1ccc(-c2ccc(N(c3ccc(-c4ccccc4)cc3)c3ccc4c(c3)C3(c5ccccc5-c5ccccc53)c3c(ccc5ccccc35)S4)cc2)cc1. The highest BCUT2D eigenvalue weighted by molar-refractivity contribution is 7.99. The van der Waals surface area contributed by atoms with Gasteiger partial charge in [0.25, 0.3) is 0 Å². The van der Waals surface area contributed by atoms with Crippen LogP contribution < -0.4 is 4.90 Å². The van der Waals surface area contributed by atoms with E-state index in [1.165, 1.54) is 76.2 Å². The van der Waals surface area contributed by atoms with Gasteiger partial charge in [-0.15, -0.1) is 0 Å². The zero-order valence-corrected chi connectivity index (χ0v) is 30.9. The Morgan fingerprint density at radius 3 is 1.42 bits per heavy atom. The molecule has 2 aliphatic rings. The molecule has 0 fully saturated rings. The van der Waals surface area contributed by atoms with E-state index >= 15 is 0 Å². The molecule has 0 amide bonds. The minimum Gasteiger partial charge on any atom is -0.310 e. The number of nitrogens with zero attached hydrogens (tertiary/aromatic N) is 1. The summed E-state index contributed by atoms with van der Waals surface area (Å²) < 4.78 is 0. The van der Waals surface area contributed by atoms with Gasteiger partial charge in [-0.3, -0.25) is 0 Å². The molecular formula is C53H35NS. The number of hydrogen-bond donors (Lipinski definition) is 0. The molecule has 11 rings (SSSR count). The van der Waals surface area contributed by atoms with Crippen molar-refractivity contribution in [1.82, 2.24) is 0 Å². The highest BCUT2D eigenvalue weighted by Crippen LogP contribution is 2.64. The third kappa shape index (κ3) is 4.95. The second-order valence-corrected chi connectivity index (χ2v) is 15.5. The molecule has 1 aliphatic carbocycles. The average molecular weight is 718 g/mol. The maximum absolute atomic E-state index is 2.49. The molecule has 0 aromatic heterocycles. The Morgan fingerprint density at radius 1 is 0.345 bits per heavy atom. The van der Waals surface area contributed by atoms with E-state index in [2.05, 4.69) is 217 Å². The van der Waals surface area contributed by atoms with Crippen molar-refractivity contribution >= 4 is 39.6 Å². The first-order valence-electron chi connectivity index (χ1n) is 18.9. The first kappa shape index (κ1) is 31.9. The number of benzene rings is 9. The molecule has 1 heterocycles. The molecule has 0 N–H and O–H groups in total. The molecule has 2 heteroatoms. The standard InChI is InChI=1S/C53H35NS/c1-3-13-36(14-4-1)38-23-28-41(29-24-38)54(42-30-25-39(26-31-42)37-15-5-2-6-16-37)43-32-34-50-49(35-43)53(52-44-18-8-7-17-40(44)27-33-51(52)55-50)47-21-11-9-19-45(47)46-20-10-12-22-48(46)53/h1-35H. The Morgan fingerprint density at radius 2 is 0.818 bits per heavy atom. The van der Waals surface area contributed by atoms with E-state index < -0.39 is 5.41 Å². The third-order valence-electron chi connectivity index (χ3n) is 11.5. The van der Waals surface area contributed by atoms with Crippen molar-refractivity contribution < 1.29 is 0 Å². The van der Waals surface area contributed by atoms with Crippen molar-refractivity contribution in [2.45, 2.75) is 15.2 Å². The molecule has 258 valence electrons. The van der Waals surface area contributed by atoms with Gasteiger partial charge in [-0.1, -0.05) is 176 Å². The Bertz CT molecular complexity index is 2750. The van der Waals surface area contributed by atoms with Crippen LogP contribution in [0.4, 0.5) is 17.1 Å². The second kappa shape index (κ2) is 12.8. The van der Waals surface area contributed by atoms with Gasteiger partial charge in [0.15, 0.2) is 0 Å². The molecular weight excluding hydrogens is 683 g/mol. The molecule has 9 aromatic rings. The minimum atomic E-state index is -0.500. The number of fused-ring (bicyclic) bond motifs is 11. The highest BCUT2D eigenvalue weighted by Gasteiger charge is 2.51. The molecule has 0 bridgehead atoms. The van der Waals surface area contributed by atoms with Gasteiger partial charge in [0.05, 0.1) is 5.41 Å². The van der Waals surface area contributed by atoms with Gasteiger partial charge >= 0.3 is 0 Å². The summed E-state index contributed by atoms with van der Waals surface area (Å²) in [5.41, 5.74) is 15.7. The van der Waals surface area contributed by atoms with Crippen LogP contribution in [-0.2, 0) is 5.41 Å². The van der Waals surface area contributed by atoms with E-state index in [0.717, 1.165) is 17.1 Å². The van der Waals surface area contributed by atoms with Crippen LogP contribution in [0.1, 0.15) is 22.3 Å². The van der Waals surface area contributed by atoms with E-state index in [9.17, 15) is 0 Å². The van der Waals surface area contributed by atoms with Crippen molar-refractivity contribution in [2.75, 3.05) is 4.90 Å². The first-order valence-corrected chi connectivity index (χ1v) is 19.7. The maximum atomic E-state index is 2.49. The lowest BCUT2D eigenvalue weighted by molar-refractivity contribution is 0.730. The minimum absolute atomic E-state index is 0.500. The maximum Gasteiger partial charge on any atom is 0.0742 e. The molecule has 0 radical (unpaired) electrons. The molecule has 0 saturated carbocycles. The Balaban J connectivity index is 1.16. The van der Waals surface area contributed by atoms with Gasteiger partial charge in [-0.05, 0) is 115 Å². The molecule has 1 nitrogen and oxygen atoms in total. The summed E-state index contributed by atoms with van der Waals surface area (Å²) in [5, 5.41) is 2.57. The van der Waals surface area contributed by atoms with Crippen molar-refractivity contribution in [3.63, 3.8) is 0 Å². The largest absolute Gasteiger partial charge is 0.310 e. The van der Waals surface area contributed by atoms with Crippen LogP contribution in [0.2, 0.25) is 0 Å². The van der Waals surface area contributed by atoms with Gasteiger partial charge in [0.2, 0.25) is 0 Å². The lowest BCUT2D eigenvalue weighted by Gasteiger charge is -2.41. The second-order valence-electron chi connectivity index (χ2n) is 14.4. The van der Waals surface area contributed by atoms with Crippen LogP contribution in [0.5, 0.6) is 0 Å². The fourth-order valence-corrected chi connectivity index (χ4v) is 10.3. The summed E-state index contributed by atoms with van der Waals surface area (Å²) >= 11 is 1.90.